The first kappa shape index (κ1) is 22.4. The zero-order chi connectivity index (χ0) is 18.2. The average molecular weight is 388 g/mol. The molecule has 1 rings (SSSR count). The highest BCUT2D eigenvalue weighted by molar-refractivity contribution is 7.24. The van der Waals surface area contributed by atoms with Gasteiger partial charge in [-0.05, 0) is 19.8 Å². The molecule has 1 atom stereocenters. The van der Waals surface area contributed by atoms with E-state index < -0.39 is 10.2 Å². The van der Waals surface area contributed by atoms with Crippen molar-refractivity contribution >= 4 is 28.6 Å². The fourth-order valence-corrected chi connectivity index (χ4v) is 3.48. The monoisotopic (exact) mass is 387 g/mol. The third kappa shape index (κ3) is 11.6. The van der Waals surface area contributed by atoms with Gasteiger partial charge < -0.3 is 4.74 Å². The molecule has 0 spiro atoms. The molecule has 0 saturated heterocycles. The van der Waals surface area contributed by atoms with Gasteiger partial charge in [0.05, 0.1) is 6.10 Å². The van der Waals surface area contributed by atoms with E-state index in [0.29, 0.717) is 5.92 Å². The predicted octanol–water partition coefficient (Wildman–Crippen LogP) is -2.18. The number of ether oxygens (including phenoxy) is 1. The SMILES string of the molecule is CC(C)CC(C(=O)OC(C)C)[N+](C)=c1sccs1.[O-][Cl+3]([O-])([O-])[O-]. The number of esters is 1. The van der Waals surface area contributed by atoms with Crippen molar-refractivity contribution in [2.75, 3.05) is 7.05 Å². The van der Waals surface area contributed by atoms with E-state index in [0.717, 1.165) is 10.4 Å². The zero-order valence-electron chi connectivity index (χ0n) is 13.7. The molecule has 1 heterocycles. The molecule has 0 fully saturated rings. The topological polar surface area (TPSA) is 122 Å². The number of nitrogens with zero attached hydrogens (tertiary/aromatic N) is 1. The van der Waals surface area contributed by atoms with Gasteiger partial charge >= 0.3 is 9.95 Å². The van der Waals surface area contributed by atoms with Crippen LogP contribution in [0.4, 0.5) is 0 Å². The molecule has 23 heavy (non-hydrogen) atoms. The van der Waals surface area contributed by atoms with Gasteiger partial charge in [-0.15, -0.1) is 10.2 Å². The summed E-state index contributed by atoms with van der Waals surface area (Å²) in [5.41, 5.74) is 0. The molecule has 134 valence electrons. The fraction of sp³-hybridized carbons (Fsp3) is 0.692. The van der Waals surface area contributed by atoms with Gasteiger partial charge in [-0.1, -0.05) is 36.5 Å². The highest BCUT2D eigenvalue weighted by Gasteiger charge is 2.31. The average Bonchev–Trinajstić information content (AvgIpc) is 2.85. The summed E-state index contributed by atoms with van der Waals surface area (Å²) < 4.78 is 42.5. The number of hydrogen-bond acceptors (Lipinski definition) is 8. The Morgan fingerprint density at radius 1 is 1.17 bits per heavy atom. The van der Waals surface area contributed by atoms with Crippen molar-refractivity contribution in [1.82, 2.24) is 4.58 Å². The van der Waals surface area contributed by atoms with Crippen LogP contribution >= 0.6 is 22.7 Å². The number of hydrogen-bond donors (Lipinski definition) is 0. The summed E-state index contributed by atoms with van der Waals surface area (Å²) in [6.45, 7) is 8.03. The molecule has 0 aliphatic rings. The summed E-state index contributed by atoms with van der Waals surface area (Å²) >= 11 is 3.32. The molecule has 7 nitrogen and oxygen atoms in total. The Balaban J connectivity index is 0.000000841. The van der Waals surface area contributed by atoms with Crippen LogP contribution in [-0.4, -0.2) is 25.2 Å². The van der Waals surface area contributed by atoms with Crippen LogP contribution in [0.3, 0.4) is 0 Å². The Kier molecular flexibility index (Phi) is 10.1. The van der Waals surface area contributed by atoms with Gasteiger partial charge in [0.25, 0.3) is 6.04 Å². The summed E-state index contributed by atoms with van der Waals surface area (Å²) in [6, 6.07) is -0.192. The minimum absolute atomic E-state index is 0.0624. The van der Waals surface area contributed by atoms with Crippen LogP contribution in [0.25, 0.3) is 0 Å². The number of carbonyl (C=O) groups is 1. The van der Waals surface area contributed by atoms with E-state index in [1.54, 1.807) is 22.7 Å². The lowest BCUT2D eigenvalue weighted by atomic mass is 10.0. The third-order valence-corrected chi connectivity index (χ3v) is 4.74. The van der Waals surface area contributed by atoms with E-state index >= 15 is 0 Å². The van der Waals surface area contributed by atoms with Gasteiger partial charge in [-0.3, -0.25) is 0 Å². The maximum absolute atomic E-state index is 12.2. The van der Waals surface area contributed by atoms with E-state index in [-0.39, 0.29) is 18.1 Å². The summed E-state index contributed by atoms with van der Waals surface area (Å²) in [7, 11) is -2.98. The third-order valence-electron chi connectivity index (χ3n) is 2.47. The molecule has 0 saturated carbocycles. The van der Waals surface area contributed by atoms with Crippen LogP contribution < -0.4 is 27.2 Å². The van der Waals surface area contributed by atoms with Crippen molar-refractivity contribution in [2.24, 2.45) is 5.92 Å². The second-order valence-electron chi connectivity index (χ2n) is 5.39. The highest BCUT2D eigenvalue weighted by Crippen LogP contribution is 2.09. The molecular formula is C13H22ClNO6S2. The quantitative estimate of drug-likeness (QED) is 0.418. The molecule has 0 amide bonds. The van der Waals surface area contributed by atoms with Gasteiger partial charge in [0.2, 0.25) is 0 Å². The van der Waals surface area contributed by atoms with E-state index in [1.165, 1.54) is 0 Å². The second-order valence-corrected chi connectivity index (χ2v) is 8.20. The van der Waals surface area contributed by atoms with Crippen molar-refractivity contribution in [3.05, 3.63) is 14.7 Å². The number of halogens is 1. The van der Waals surface area contributed by atoms with Crippen molar-refractivity contribution in [3.63, 3.8) is 0 Å². The van der Waals surface area contributed by atoms with Crippen molar-refractivity contribution < 1.29 is 38.4 Å². The van der Waals surface area contributed by atoms with Crippen molar-refractivity contribution in [1.29, 1.82) is 0 Å². The van der Waals surface area contributed by atoms with Gasteiger partial charge in [0, 0.05) is 17.2 Å². The second kappa shape index (κ2) is 10.3. The molecule has 0 aromatic carbocycles. The van der Waals surface area contributed by atoms with E-state index in [1.807, 2.05) is 36.2 Å². The van der Waals surface area contributed by atoms with Crippen LogP contribution in [-0.2, 0) is 9.53 Å². The Bertz CT molecular complexity index is 512. The summed E-state index contributed by atoms with van der Waals surface area (Å²) in [6.07, 6.45) is 0.750. The Hall–Kier alpha value is -0.550. The molecule has 0 aliphatic heterocycles. The van der Waals surface area contributed by atoms with Crippen LogP contribution in [0.5, 0.6) is 0 Å². The minimum atomic E-state index is -4.94. The normalized spacial score (nSPS) is 12.7. The molecule has 1 aromatic rings. The van der Waals surface area contributed by atoms with Crippen molar-refractivity contribution in [2.45, 2.75) is 46.3 Å². The van der Waals surface area contributed by atoms with Crippen LogP contribution in [0.2, 0.25) is 0 Å². The summed E-state index contributed by atoms with van der Waals surface area (Å²) in [4.78, 5) is 12.2. The first-order valence-electron chi connectivity index (χ1n) is 6.82. The molecule has 0 N–H and O–H groups in total. The van der Waals surface area contributed by atoms with Gasteiger partial charge in [-0.25, -0.2) is 28.0 Å². The standard InChI is InChI=1S/C13H22NO2S2.ClHO4/c1-9(2)8-11(12(15)16-10(3)4)14(5)13-17-6-7-18-13;2-1(3,4)5/h6-7,9-11H,8H2,1-5H3;(H,2,3,4,5)/q+1;/p-1. The van der Waals surface area contributed by atoms with Gasteiger partial charge in [0.1, 0.15) is 7.05 Å². The molecule has 0 radical (unpaired) electrons. The maximum atomic E-state index is 12.2. The fourth-order valence-electron chi connectivity index (χ4n) is 1.66. The van der Waals surface area contributed by atoms with E-state index in [4.69, 9.17) is 23.4 Å². The highest BCUT2D eigenvalue weighted by atomic mass is 35.7. The van der Waals surface area contributed by atoms with Gasteiger partial charge in [0.15, 0.2) is 0 Å². The molecule has 0 aliphatic carbocycles. The lowest BCUT2D eigenvalue weighted by Gasteiger charge is -2.17. The lowest BCUT2D eigenvalue weighted by Crippen LogP contribution is -2.68. The maximum Gasteiger partial charge on any atom is 0.375 e. The Morgan fingerprint density at radius 3 is 1.96 bits per heavy atom. The Labute approximate surface area is 145 Å². The lowest BCUT2D eigenvalue weighted by molar-refractivity contribution is -2.00. The van der Waals surface area contributed by atoms with Crippen LogP contribution in [0.15, 0.2) is 10.8 Å². The molecular weight excluding hydrogens is 366 g/mol. The van der Waals surface area contributed by atoms with Crippen LogP contribution in [0.1, 0.15) is 34.1 Å². The Morgan fingerprint density at radius 2 is 1.61 bits per heavy atom. The molecule has 10 heteroatoms. The first-order chi connectivity index (χ1) is 10.4. The predicted molar refractivity (Wildman–Crippen MR) is 77.9 cm³/mol. The zero-order valence-corrected chi connectivity index (χ0v) is 16.1. The van der Waals surface area contributed by atoms with Crippen LogP contribution in [0, 0.1) is 16.2 Å². The number of rotatable bonds is 5. The van der Waals surface area contributed by atoms with Gasteiger partial charge in [-0.2, -0.15) is 0 Å². The largest absolute Gasteiger partial charge is 0.458 e. The summed E-state index contributed by atoms with van der Waals surface area (Å²) in [5, 5.41) is 4.08. The van der Waals surface area contributed by atoms with E-state index in [2.05, 4.69) is 13.8 Å². The summed E-state index contributed by atoms with van der Waals surface area (Å²) in [5.74, 6) is 0.337. The first-order valence-corrected chi connectivity index (χ1v) is 9.81. The van der Waals surface area contributed by atoms with E-state index in [9.17, 15) is 4.79 Å². The molecule has 0 bridgehead atoms. The number of likely N-dealkylation sites (N-methyl/N-ethyl adjacent to an activating group) is 1. The van der Waals surface area contributed by atoms with Crippen molar-refractivity contribution in [3.8, 4) is 0 Å². The molecule has 1 aromatic heterocycles. The smallest absolute Gasteiger partial charge is 0.375 e. The molecule has 1 unspecified atom stereocenters. The number of carbonyl (C=O) groups excluding carboxylic acids is 1. The minimum Gasteiger partial charge on any atom is -0.458 e.